The van der Waals surface area contributed by atoms with Gasteiger partial charge in [0, 0.05) is 12.2 Å². The lowest BCUT2D eigenvalue weighted by atomic mass is 10.2. The van der Waals surface area contributed by atoms with Crippen LogP contribution in [0.5, 0.6) is 11.5 Å². The molecule has 1 fully saturated rings. The maximum absolute atomic E-state index is 13.0. The van der Waals surface area contributed by atoms with E-state index in [9.17, 15) is 23.1 Å². The van der Waals surface area contributed by atoms with Crippen molar-refractivity contribution in [3.05, 3.63) is 54.1 Å². The maximum Gasteiger partial charge on any atom is 0.419 e. The molecule has 1 aliphatic rings. The molecule has 0 aliphatic carbocycles. The van der Waals surface area contributed by atoms with Crippen molar-refractivity contribution >= 4 is 11.6 Å². The molecule has 1 amide bonds. The first-order valence-electron chi connectivity index (χ1n) is 7.99. The Kier molecular flexibility index (Phi) is 5.15. The molecule has 3 N–H and O–H groups in total. The number of aliphatic hydroxyl groups excluding tert-OH is 1. The van der Waals surface area contributed by atoms with Crippen LogP contribution in [0.25, 0.3) is 0 Å². The standard InChI is InChI=1S/C18H17F3N2O3/c19-18(20,21)14-3-1-2-4-16(14)26-13-7-5-11(6-8-13)23-17(25)15-9-12(24)10-22-15/h1-8,12,15,22,24H,9-10H2,(H,23,25). The number of halogens is 3. The third kappa shape index (κ3) is 4.33. The van der Waals surface area contributed by atoms with Crippen LogP contribution in [0, 0.1) is 0 Å². The van der Waals surface area contributed by atoms with E-state index >= 15 is 0 Å². The molecule has 2 aromatic rings. The van der Waals surface area contributed by atoms with E-state index in [1.54, 1.807) is 0 Å². The fourth-order valence-corrected chi connectivity index (χ4v) is 2.67. The van der Waals surface area contributed by atoms with Gasteiger partial charge in [-0.3, -0.25) is 4.79 Å². The third-order valence-electron chi connectivity index (χ3n) is 3.97. The van der Waals surface area contributed by atoms with E-state index in [4.69, 9.17) is 4.74 Å². The van der Waals surface area contributed by atoms with Crippen LogP contribution >= 0.6 is 0 Å². The number of alkyl halides is 3. The van der Waals surface area contributed by atoms with Gasteiger partial charge in [-0.15, -0.1) is 0 Å². The topological polar surface area (TPSA) is 70.6 Å². The quantitative estimate of drug-likeness (QED) is 0.777. The minimum absolute atomic E-state index is 0.217. The number of anilines is 1. The molecular weight excluding hydrogens is 349 g/mol. The Bertz CT molecular complexity index is 778. The molecular formula is C18H17F3N2O3. The van der Waals surface area contributed by atoms with Crippen LogP contribution in [0.15, 0.2) is 48.5 Å². The summed E-state index contributed by atoms with van der Waals surface area (Å²) in [7, 11) is 0. The second kappa shape index (κ2) is 7.35. The van der Waals surface area contributed by atoms with Gasteiger partial charge in [0.15, 0.2) is 0 Å². The molecule has 0 saturated carbocycles. The Morgan fingerprint density at radius 3 is 2.46 bits per heavy atom. The number of aliphatic hydroxyl groups is 1. The average Bonchev–Trinajstić information content (AvgIpc) is 3.03. The number of hydrogen-bond acceptors (Lipinski definition) is 4. The zero-order valence-corrected chi connectivity index (χ0v) is 13.6. The molecule has 0 bridgehead atoms. The van der Waals surface area contributed by atoms with Gasteiger partial charge in [0.1, 0.15) is 11.5 Å². The van der Waals surface area contributed by atoms with Crippen LogP contribution < -0.4 is 15.4 Å². The van der Waals surface area contributed by atoms with E-state index in [0.29, 0.717) is 18.7 Å². The minimum Gasteiger partial charge on any atom is -0.457 e. The summed E-state index contributed by atoms with van der Waals surface area (Å²) in [4.78, 5) is 12.1. The number of nitrogens with one attached hydrogen (secondary N) is 2. The summed E-state index contributed by atoms with van der Waals surface area (Å²) < 4.78 is 44.3. The van der Waals surface area contributed by atoms with Gasteiger partial charge in [0.25, 0.3) is 0 Å². The van der Waals surface area contributed by atoms with Crippen molar-refractivity contribution in [3.8, 4) is 11.5 Å². The molecule has 0 spiro atoms. The summed E-state index contributed by atoms with van der Waals surface area (Å²) in [5, 5.41) is 15.0. The number of carbonyl (C=O) groups is 1. The lowest BCUT2D eigenvalue weighted by molar-refractivity contribution is -0.138. The lowest BCUT2D eigenvalue weighted by Gasteiger charge is -2.14. The van der Waals surface area contributed by atoms with Crippen molar-refractivity contribution in [2.45, 2.75) is 24.7 Å². The third-order valence-corrected chi connectivity index (χ3v) is 3.97. The zero-order chi connectivity index (χ0) is 18.7. The smallest absolute Gasteiger partial charge is 0.419 e. The minimum atomic E-state index is -4.51. The van der Waals surface area contributed by atoms with Gasteiger partial charge >= 0.3 is 6.18 Å². The number of rotatable bonds is 4. The monoisotopic (exact) mass is 366 g/mol. The number of benzene rings is 2. The number of para-hydroxylation sites is 1. The van der Waals surface area contributed by atoms with Crippen molar-refractivity contribution in [1.82, 2.24) is 5.32 Å². The summed E-state index contributed by atoms with van der Waals surface area (Å²) in [5.74, 6) is -0.354. The molecule has 0 radical (unpaired) electrons. The number of β-amino-alcohol motifs (C(OH)–C–C–N with tert-alkyl or cyclic N) is 1. The van der Waals surface area contributed by atoms with Gasteiger partial charge in [-0.2, -0.15) is 13.2 Å². The van der Waals surface area contributed by atoms with E-state index in [2.05, 4.69) is 10.6 Å². The maximum atomic E-state index is 13.0. The Hall–Kier alpha value is -2.58. The van der Waals surface area contributed by atoms with Crippen LogP contribution in [-0.4, -0.2) is 29.7 Å². The molecule has 2 unspecified atom stereocenters. The molecule has 5 nitrogen and oxygen atoms in total. The number of hydrogen-bond donors (Lipinski definition) is 3. The van der Waals surface area contributed by atoms with Crippen LogP contribution in [-0.2, 0) is 11.0 Å². The highest BCUT2D eigenvalue weighted by Crippen LogP contribution is 2.37. The normalized spacial score (nSPS) is 20.0. The number of carbonyl (C=O) groups excluding carboxylic acids is 1. The first kappa shape index (κ1) is 18.2. The molecule has 26 heavy (non-hydrogen) atoms. The average molecular weight is 366 g/mol. The zero-order valence-electron chi connectivity index (χ0n) is 13.6. The first-order valence-corrected chi connectivity index (χ1v) is 7.99. The van der Waals surface area contributed by atoms with Gasteiger partial charge in [-0.05, 0) is 42.8 Å². The fourth-order valence-electron chi connectivity index (χ4n) is 2.67. The van der Waals surface area contributed by atoms with Gasteiger partial charge in [0.2, 0.25) is 5.91 Å². The largest absolute Gasteiger partial charge is 0.457 e. The van der Waals surface area contributed by atoms with E-state index < -0.39 is 23.9 Å². The fraction of sp³-hybridized carbons (Fsp3) is 0.278. The molecule has 8 heteroatoms. The van der Waals surface area contributed by atoms with E-state index in [0.717, 1.165) is 6.07 Å². The van der Waals surface area contributed by atoms with Crippen LogP contribution in [0.1, 0.15) is 12.0 Å². The summed E-state index contributed by atoms with van der Waals surface area (Å²) in [6.45, 7) is 0.365. The number of amides is 1. The SMILES string of the molecule is O=C(Nc1ccc(Oc2ccccc2C(F)(F)F)cc1)C1CC(O)CN1. The van der Waals surface area contributed by atoms with Gasteiger partial charge in [-0.1, -0.05) is 12.1 Å². The van der Waals surface area contributed by atoms with E-state index in [1.807, 2.05) is 0 Å². The summed E-state index contributed by atoms with van der Waals surface area (Å²) in [6.07, 6.45) is -4.72. The van der Waals surface area contributed by atoms with Crippen LogP contribution in [0.2, 0.25) is 0 Å². The Balaban J connectivity index is 1.66. The highest BCUT2D eigenvalue weighted by Gasteiger charge is 2.34. The molecule has 1 aliphatic heterocycles. The summed E-state index contributed by atoms with van der Waals surface area (Å²) >= 11 is 0. The Morgan fingerprint density at radius 1 is 1.15 bits per heavy atom. The molecule has 2 atom stereocenters. The number of ether oxygens (including phenoxy) is 1. The second-order valence-corrected chi connectivity index (χ2v) is 5.96. The Labute approximate surface area is 147 Å². The van der Waals surface area contributed by atoms with E-state index in [1.165, 1.54) is 42.5 Å². The van der Waals surface area contributed by atoms with Gasteiger partial charge in [-0.25, -0.2) is 0 Å². The van der Waals surface area contributed by atoms with Crippen molar-refractivity contribution in [3.63, 3.8) is 0 Å². The molecule has 1 saturated heterocycles. The predicted molar refractivity (Wildman–Crippen MR) is 89.0 cm³/mol. The second-order valence-electron chi connectivity index (χ2n) is 5.96. The van der Waals surface area contributed by atoms with E-state index in [-0.39, 0.29) is 17.4 Å². The molecule has 138 valence electrons. The summed E-state index contributed by atoms with van der Waals surface area (Å²) in [6, 6.07) is 10.5. The van der Waals surface area contributed by atoms with Crippen molar-refractivity contribution in [1.29, 1.82) is 0 Å². The highest BCUT2D eigenvalue weighted by molar-refractivity contribution is 5.95. The first-order chi connectivity index (χ1) is 12.3. The van der Waals surface area contributed by atoms with Crippen LogP contribution in [0.4, 0.5) is 18.9 Å². The Morgan fingerprint density at radius 2 is 1.85 bits per heavy atom. The van der Waals surface area contributed by atoms with Crippen LogP contribution in [0.3, 0.4) is 0 Å². The molecule has 3 rings (SSSR count). The van der Waals surface area contributed by atoms with Crippen molar-refractivity contribution < 1.29 is 27.8 Å². The van der Waals surface area contributed by atoms with Gasteiger partial charge in [0.05, 0.1) is 17.7 Å². The molecule has 2 aromatic carbocycles. The summed E-state index contributed by atoms with van der Waals surface area (Å²) in [5.41, 5.74) is -0.377. The van der Waals surface area contributed by atoms with Gasteiger partial charge < -0.3 is 20.5 Å². The lowest BCUT2D eigenvalue weighted by Crippen LogP contribution is -2.35. The predicted octanol–water partition coefficient (Wildman–Crippen LogP) is 3.16. The highest BCUT2D eigenvalue weighted by atomic mass is 19.4. The molecule has 1 heterocycles. The van der Waals surface area contributed by atoms with Crippen molar-refractivity contribution in [2.24, 2.45) is 0 Å². The van der Waals surface area contributed by atoms with Crippen molar-refractivity contribution in [2.75, 3.05) is 11.9 Å². The molecule has 0 aromatic heterocycles.